The van der Waals surface area contributed by atoms with E-state index in [9.17, 15) is 18.3 Å². The fourth-order valence-corrected chi connectivity index (χ4v) is 6.28. The molecule has 222 valence electrons. The van der Waals surface area contributed by atoms with Crippen molar-refractivity contribution >= 4 is 15.9 Å². The lowest BCUT2D eigenvalue weighted by Crippen LogP contribution is -2.43. The second-order valence-corrected chi connectivity index (χ2v) is 14.5. The van der Waals surface area contributed by atoms with Crippen molar-refractivity contribution in [2.75, 3.05) is 14.2 Å². The van der Waals surface area contributed by atoms with E-state index >= 15 is 0 Å². The number of carbonyl (C=O) groups is 1. The molecular weight excluding hydrogens is 540 g/mol. The van der Waals surface area contributed by atoms with E-state index in [1.165, 1.54) is 11.1 Å². The first kappa shape index (κ1) is 30.7. The predicted molar refractivity (Wildman–Crippen MR) is 160 cm³/mol. The number of carbonyl (C=O) groups excluding carboxylic acids is 1. The standard InChI is InChI=1S/C32H42N2O6S/c1-21-28(39-5)17-26(18-29(21)40-6)31(36)27(15-23-13-24-9-7-8-10-25(24)14-23)20-34-12-11-22(19-34)16-30(35)33-41(37,38)32(2,3)4/h7-12,17-19,23,27,31,36H,13-16,20H2,1-6H3,(H,33,35)/t27-,31+/m0/s1. The molecule has 0 bridgehead atoms. The van der Waals surface area contributed by atoms with Gasteiger partial charge < -0.3 is 19.1 Å². The molecular formula is C32H42N2O6S. The van der Waals surface area contributed by atoms with Crippen LogP contribution in [-0.2, 0) is 40.6 Å². The Bertz CT molecular complexity index is 1440. The Kier molecular flexibility index (Phi) is 9.19. The molecule has 3 aromatic rings. The first-order valence-electron chi connectivity index (χ1n) is 14.0. The summed E-state index contributed by atoms with van der Waals surface area (Å²) in [5, 5.41) is 11.8. The minimum absolute atomic E-state index is 0.0557. The van der Waals surface area contributed by atoms with Gasteiger partial charge in [-0.3, -0.25) is 9.52 Å². The highest BCUT2D eigenvalue weighted by molar-refractivity contribution is 7.91. The molecule has 1 heterocycles. The zero-order valence-corrected chi connectivity index (χ0v) is 25.6. The van der Waals surface area contributed by atoms with E-state index in [0.717, 1.165) is 30.4 Å². The van der Waals surface area contributed by atoms with Crippen molar-refractivity contribution in [1.29, 1.82) is 0 Å². The Morgan fingerprint density at radius 3 is 2.20 bits per heavy atom. The minimum Gasteiger partial charge on any atom is -0.496 e. The van der Waals surface area contributed by atoms with Gasteiger partial charge in [0.05, 0.1) is 31.5 Å². The second-order valence-electron chi connectivity index (χ2n) is 12.1. The predicted octanol–water partition coefficient (Wildman–Crippen LogP) is 4.76. The summed E-state index contributed by atoms with van der Waals surface area (Å²) in [6, 6.07) is 14.1. The third kappa shape index (κ3) is 7.13. The van der Waals surface area contributed by atoms with Crippen molar-refractivity contribution < 1.29 is 27.8 Å². The highest BCUT2D eigenvalue weighted by Gasteiger charge is 2.32. The molecule has 0 radical (unpaired) electrons. The summed E-state index contributed by atoms with van der Waals surface area (Å²) in [6.07, 6.45) is 5.63. The van der Waals surface area contributed by atoms with E-state index in [4.69, 9.17) is 9.47 Å². The third-order valence-corrected chi connectivity index (χ3v) is 10.1. The average molecular weight is 583 g/mol. The highest BCUT2D eigenvalue weighted by Crippen LogP contribution is 2.39. The summed E-state index contributed by atoms with van der Waals surface area (Å²) in [4.78, 5) is 12.5. The number of methoxy groups -OCH3 is 2. The number of nitrogens with zero attached hydrogens (tertiary/aromatic N) is 1. The number of nitrogens with one attached hydrogen (secondary N) is 1. The van der Waals surface area contributed by atoms with Gasteiger partial charge in [0.2, 0.25) is 15.9 Å². The van der Waals surface area contributed by atoms with Crippen LogP contribution in [0, 0.1) is 18.8 Å². The Morgan fingerprint density at radius 1 is 1.07 bits per heavy atom. The van der Waals surface area contributed by atoms with E-state index in [1.807, 2.05) is 42.1 Å². The molecule has 41 heavy (non-hydrogen) atoms. The molecule has 4 rings (SSSR count). The van der Waals surface area contributed by atoms with Crippen molar-refractivity contribution in [2.45, 2.75) is 70.8 Å². The lowest BCUT2D eigenvalue weighted by molar-refractivity contribution is -0.118. The molecule has 2 aromatic carbocycles. The van der Waals surface area contributed by atoms with Crippen LogP contribution in [0.4, 0.5) is 0 Å². The van der Waals surface area contributed by atoms with Gasteiger partial charge in [-0.1, -0.05) is 24.3 Å². The lowest BCUT2D eigenvalue weighted by atomic mass is 9.85. The van der Waals surface area contributed by atoms with Crippen LogP contribution in [0.3, 0.4) is 0 Å². The third-order valence-electron chi connectivity index (χ3n) is 8.01. The molecule has 0 spiro atoms. The maximum atomic E-state index is 12.5. The number of rotatable bonds is 11. The van der Waals surface area contributed by atoms with Gasteiger partial charge in [0.25, 0.3) is 0 Å². The van der Waals surface area contributed by atoms with Crippen molar-refractivity contribution in [3.63, 3.8) is 0 Å². The minimum atomic E-state index is -3.78. The topological polar surface area (TPSA) is 107 Å². The maximum absolute atomic E-state index is 12.5. The van der Waals surface area contributed by atoms with Crippen LogP contribution < -0.4 is 14.2 Å². The second kappa shape index (κ2) is 12.3. The zero-order chi connectivity index (χ0) is 29.9. The lowest BCUT2D eigenvalue weighted by Gasteiger charge is -2.27. The molecule has 0 fully saturated rings. The van der Waals surface area contributed by atoms with E-state index < -0.39 is 26.8 Å². The number of sulfonamides is 1. The fourth-order valence-electron chi connectivity index (χ4n) is 5.60. The molecule has 0 aliphatic heterocycles. The summed E-state index contributed by atoms with van der Waals surface area (Å²) >= 11 is 0. The van der Waals surface area contributed by atoms with Gasteiger partial charge in [-0.15, -0.1) is 0 Å². The quantitative estimate of drug-likeness (QED) is 0.338. The van der Waals surface area contributed by atoms with Crippen molar-refractivity contribution in [3.05, 3.63) is 82.7 Å². The Balaban J connectivity index is 1.55. The van der Waals surface area contributed by atoms with Crippen LogP contribution >= 0.6 is 0 Å². The van der Waals surface area contributed by atoms with Crippen LogP contribution in [0.1, 0.15) is 61.1 Å². The first-order chi connectivity index (χ1) is 19.3. The molecule has 1 aliphatic rings. The summed E-state index contributed by atoms with van der Waals surface area (Å²) in [7, 11) is -0.569. The number of benzene rings is 2. The average Bonchev–Trinajstić information content (AvgIpc) is 3.52. The number of fused-ring (bicyclic) bond motifs is 1. The number of hydrogen-bond acceptors (Lipinski definition) is 6. The first-order valence-corrected chi connectivity index (χ1v) is 15.5. The summed E-state index contributed by atoms with van der Waals surface area (Å²) in [5.74, 6) is 0.998. The molecule has 8 nitrogen and oxygen atoms in total. The van der Waals surface area contributed by atoms with Gasteiger partial charge in [0.1, 0.15) is 11.5 Å². The largest absolute Gasteiger partial charge is 0.496 e. The number of aliphatic hydroxyl groups excluding tert-OH is 1. The van der Waals surface area contributed by atoms with Gasteiger partial charge >= 0.3 is 0 Å². The molecule has 1 aliphatic carbocycles. The summed E-state index contributed by atoms with van der Waals surface area (Å²) in [6.45, 7) is 7.09. The summed E-state index contributed by atoms with van der Waals surface area (Å²) in [5.41, 5.74) is 5.03. The molecule has 2 N–H and O–H groups in total. The van der Waals surface area contributed by atoms with Gasteiger partial charge in [0, 0.05) is 30.4 Å². The van der Waals surface area contributed by atoms with Crippen molar-refractivity contribution in [2.24, 2.45) is 11.8 Å². The van der Waals surface area contributed by atoms with E-state index in [1.54, 1.807) is 35.0 Å². The van der Waals surface area contributed by atoms with E-state index in [-0.39, 0.29) is 12.3 Å². The number of hydrogen-bond donors (Lipinski definition) is 2. The summed E-state index contributed by atoms with van der Waals surface area (Å²) < 4.78 is 39.0. The van der Waals surface area contributed by atoms with Gasteiger partial charge in [0.15, 0.2) is 0 Å². The number of ether oxygens (including phenoxy) is 2. The number of aliphatic hydroxyl groups is 1. The molecule has 2 atom stereocenters. The maximum Gasteiger partial charge on any atom is 0.239 e. The van der Waals surface area contributed by atoms with Gasteiger partial charge in [-0.2, -0.15) is 0 Å². The van der Waals surface area contributed by atoms with E-state index in [2.05, 4.69) is 29.0 Å². The Morgan fingerprint density at radius 2 is 1.66 bits per heavy atom. The fraction of sp³-hybridized carbons (Fsp3) is 0.469. The molecule has 1 amide bonds. The zero-order valence-electron chi connectivity index (χ0n) is 24.8. The van der Waals surface area contributed by atoms with Crippen LogP contribution in [0.15, 0.2) is 54.9 Å². The Hall–Kier alpha value is -3.30. The number of amides is 1. The molecule has 0 unspecified atom stereocenters. The van der Waals surface area contributed by atoms with Gasteiger partial charge in [-0.25, -0.2) is 8.42 Å². The monoisotopic (exact) mass is 582 g/mol. The van der Waals surface area contributed by atoms with Crippen LogP contribution in [-0.4, -0.2) is 43.0 Å². The molecule has 0 saturated heterocycles. The smallest absolute Gasteiger partial charge is 0.239 e. The molecule has 9 heteroatoms. The number of aromatic nitrogens is 1. The molecule has 0 saturated carbocycles. The SMILES string of the molecule is COc1cc([C@@H](O)[C@@H](CC2Cc3ccccc3C2)Cn2ccc(CC(=O)NS(=O)(=O)C(C)(C)C)c2)cc(OC)c1C. The Labute approximate surface area is 243 Å². The van der Waals surface area contributed by atoms with Crippen LogP contribution in [0.5, 0.6) is 11.5 Å². The van der Waals surface area contributed by atoms with Crippen LogP contribution in [0.2, 0.25) is 0 Å². The normalized spacial score (nSPS) is 15.3. The highest BCUT2D eigenvalue weighted by atomic mass is 32.2. The van der Waals surface area contributed by atoms with Gasteiger partial charge in [-0.05, 0) is 93.3 Å². The van der Waals surface area contributed by atoms with Crippen molar-refractivity contribution in [3.8, 4) is 11.5 Å². The van der Waals surface area contributed by atoms with Crippen molar-refractivity contribution in [1.82, 2.24) is 9.29 Å². The molecule has 1 aromatic heterocycles. The van der Waals surface area contributed by atoms with E-state index in [0.29, 0.717) is 29.5 Å². The van der Waals surface area contributed by atoms with Crippen LogP contribution in [0.25, 0.3) is 0 Å².